The number of aromatic nitrogens is 2. The highest BCUT2D eigenvalue weighted by molar-refractivity contribution is 5.92. The van der Waals surface area contributed by atoms with Crippen LogP contribution < -0.4 is 18.9 Å². The molecule has 0 spiro atoms. The molecule has 0 N–H and O–H groups in total. The van der Waals surface area contributed by atoms with Gasteiger partial charge < -0.3 is 28.4 Å². The molecule has 162 valence electrons. The van der Waals surface area contributed by atoms with Crippen molar-refractivity contribution in [2.75, 3.05) is 13.6 Å². The van der Waals surface area contributed by atoms with E-state index in [0.29, 0.717) is 23.0 Å². The first kappa shape index (κ1) is 19.6. The summed E-state index contributed by atoms with van der Waals surface area (Å²) >= 11 is 0. The summed E-state index contributed by atoms with van der Waals surface area (Å²) in [7, 11) is 0. The molecule has 0 radical (unpaired) electrons. The van der Waals surface area contributed by atoms with Crippen molar-refractivity contribution in [3.63, 3.8) is 0 Å². The molecule has 0 bridgehead atoms. The molecule has 2 aromatic carbocycles. The summed E-state index contributed by atoms with van der Waals surface area (Å²) in [5.74, 6) is 1.06. The van der Waals surface area contributed by atoms with E-state index in [2.05, 4.69) is 9.97 Å². The molecule has 3 heterocycles. The summed E-state index contributed by atoms with van der Waals surface area (Å²) in [6.07, 6.45) is 1.11. The number of ether oxygens (including phenoxy) is 6. The SMILES string of the molecule is O=C(OCc1ccc2c(c1)OCO2)c1cc(C(=O)OCc2ccc3c(c2)OCO3)ncn1. The highest BCUT2D eigenvalue weighted by atomic mass is 16.7. The molecule has 0 saturated heterocycles. The molecule has 32 heavy (non-hydrogen) atoms. The number of esters is 2. The van der Waals surface area contributed by atoms with Crippen molar-refractivity contribution in [1.29, 1.82) is 0 Å². The first-order valence-electron chi connectivity index (χ1n) is 9.59. The van der Waals surface area contributed by atoms with Crippen LogP contribution in [0.1, 0.15) is 32.1 Å². The number of hydrogen-bond donors (Lipinski definition) is 0. The lowest BCUT2D eigenvalue weighted by molar-refractivity contribution is 0.0460. The van der Waals surface area contributed by atoms with Gasteiger partial charge in [-0.25, -0.2) is 19.6 Å². The third kappa shape index (κ3) is 4.10. The Kier molecular flexibility index (Phi) is 5.16. The second-order valence-corrected chi connectivity index (χ2v) is 6.82. The summed E-state index contributed by atoms with van der Waals surface area (Å²) in [6.45, 7) is 0.326. The molecule has 2 aliphatic rings. The minimum absolute atomic E-state index is 0.00334. The standard InChI is InChI=1S/C22H16N2O8/c25-21(27-8-13-1-3-17-19(5-13)31-11-29-17)15-7-16(24-10-23-15)22(26)28-9-14-2-4-18-20(6-14)32-12-30-18/h1-7,10H,8-9,11-12H2. The average molecular weight is 436 g/mol. The fourth-order valence-electron chi connectivity index (χ4n) is 3.09. The van der Waals surface area contributed by atoms with Crippen LogP contribution in [0.25, 0.3) is 0 Å². The van der Waals surface area contributed by atoms with Crippen LogP contribution in [0, 0.1) is 0 Å². The van der Waals surface area contributed by atoms with Gasteiger partial charge in [0.2, 0.25) is 13.6 Å². The lowest BCUT2D eigenvalue weighted by atomic mass is 10.2. The van der Waals surface area contributed by atoms with Crippen LogP contribution in [0.5, 0.6) is 23.0 Å². The van der Waals surface area contributed by atoms with Crippen molar-refractivity contribution in [1.82, 2.24) is 9.97 Å². The molecular formula is C22H16N2O8. The molecule has 10 heteroatoms. The number of fused-ring (bicyclic) bond motifs is 2. The van der Waals surface area contributed by atoms with Gasteiger partial charge in [-0.1, -0.05) is 12.1 Å². The van der Waals surface area contributed by atoms with Crippen LogP contribution in [0.4, 0.5) is 0 Å². The van der Waals surface area contributed by atoms with Crippen molar-refractivity contribution in [3.8, 4) is 23.0 Å². The predicted octanol–water partition coefficient (Wildman–Crippen LogP) is 2.65. The maximum atomic E-state index is 12.4. The van der Waals surface area contributed by atoms with Gasteiger partial charge in [-0.2, -0.15) is 0 Å². The van der Waals surface area contributed by atoms with E-state index in [4.69, 9.17) is 28.4 Å². The molecule has 0 atom stereocenters. The van der Waals surface area contributed by atoms with E-state index in [0.717, 1.165) is 17.5 Å². The van der Waals surface area contributed by atoms with Crippen LogP contribution >= 0.6 is 0 Å². The number of hydrogen-bond acceptors (Lipinski definition) is 10. The lowest BCUT2D eigenvalue weighted by Crippen LogP contribution is -2.12. The Labute approximate surface area is 181 Å². The van der Waals surface area contributed by atoms with E-state index in [1.165, 1.54) is 6.07 Å². The molecule has 2 aliphatic heterocycles. The van der Waals surface area contributed by atoms with Crippen molar-refractivity contribution < 1.29 is 38.0 Å². The van der Waals surface area contributed by atoms with Gasteiger partial charge in [-0.3, -0.25) is 0 Å². The van der Waals surface area contributed by atoms with Gasteiger partial charge in [-0.05, 0) is 35.4 Å². The molecule has 5 rings (SSSR count). The second kappa shape index (κ2) is 8.42. The molecule has 0 saturated carbocycles. The van der Waals surface area contributed by atoms with E-state index in [1.54, 1.807) is 36.4 Å². The third-order valence-electron chi connectivity index (χ3n) is 4.70. The molecule has 0 aliphatic carbocycles. The van der Waals surface area contributed by atoms with Crippen molar-refractivity contribution in [2.45, 2.75) is 13.2 Å². The lowest BCUT2D eigenvalue weighted by Gasteiger charge is -2.07. The van der Waals surface area contributed by atoms with E-state index in [1.807, 2.05) is 0 Å². The molecule has 10 nitrogen and oxygen atoms in total. The van der Waals surface area contributed by atoms with Gasteiger partial charge in [-0.15, -0.1) is 0 Å². The fraction of sp³-hybridized carbons (Fsp3) is 0.182. The molecule has 3 aromatic rings. The molecular weight excluding hydrogens is 420 g/mol. The monoisotopic (exact) mass is 436 g/mol. The minimum Gasteiger partial charge on any atom is -0.456 e. The fourth-order valence-corrected chi connectivity index (χ4v) is 3.09. The van der Waals surface area contributed by atoms with Crippen molar-refractivity contribution in [2.24, 2.45) is 0 Å². The molecule has 0 fully saturated rings. The smallest absolute Gasteiger partial charge is 0.357 e. The molecule has 0 unspecified atom stereocenters. The first-order valence-corrected chi connectivity index (χ1v) is 9.59. The Balaban J connectivity index is 1.19. The van der Waals surface area contributed by atoms with Crippen molar-refractivity contribution in [3.05, 3.63) is 71.3 Å². The van der Waals surface area contributed by atoms with E-state index >= 15 is 0 Å². The Morgan fingerprint density at radius 1 is 0.688 bits per heavy atom. The van der Waals surface area contributed by atoms with Gasteiger partial charge in [0.1, 0.15) is 19.5 Å². The Morgan fingerprint density at radius 2 is 1.16 bits per heavy atom. The molecule has 0 amide bonds. The topological polar surface area (TPSA) is 115 Å². The minimum atomic E-state index is -0.699. The predicted molar refractivity (Wildman–Crippen MR) is 105 cm³/mol. The van der Waals surface area contributed by atoms with Crippen molar-refractivity contribution >= 4 is 11.9 Å². The van der Waals surface area contributed by atoms with Crippen LogP contribution in [-0.2, 0) is 22.7 Å². The molecule has 1 aromatic heterocycles. The van der Waals surface area contributed by atoms with Gasteiger partial charge in [0.25, 0.3) is 0 Å². The van der Waals surface area contributed by atoms with Crippen LogP contribution in [0.3, 0.4) is 0 Å². The van der Waals surface area contributed by atoms with E-state index < -0.39 is 11.9 Å². The summed E-state index contributed by atoms with van der Waals surface area (Å²) in [6, 6.07) is 11.7. The summed E-state index contributed by atoms with van der Waals surface area (Å²) in [5.41, 5.74) is 1.33. The van der Waals surface area contributed by atoms with Gasteiger partial charge in [0.05, 0.1) is 0 Å². The summed E-state index contributed by atoms with van der Waals surface area (Å²) in [4.78, 5) is 32.5. The Morgan fingerprint density at radius 3 is 1.66 bits per heavy atom. The number of carbonyl (C=O) groups is 2. The first-order chi connectivity index (χ1) is 15.7. The number of rotatable bonds is 6. The zero-order valence-corrected chi connectivity index (χ0v) is 16.6. The third-order valence-corrected chi connectivity index (χ3v) is 4.70. The number of carbonyl (C=O) groups excluding carboxylic acids is 2. The maximum Gasteiger partial charge on any atom is 0.357 e. The normalized spacial score (nSPS) is 13.0. The van der Waals surface area contributed by atoms with Crippen LogP contribution in [0.15, 0.2) is 48.8 Å². The van der Waals surface area contributed by atoms with Gasteiger partial charge >= 0.3 is 11.9 Å². The number of nitrogens with zero attached hydrogens (tertiary/aromatic N) is 2. The summed E-state index contributed by atoms with van der Waals surface area (Å²) < 4.78 is 31.7. The van der Waals surface area contributed by atoms with E-state index in [9.17, 15) is 9.59 Å². The second-order valence-electron chi connectivity index (χ2n) is 6.82. The van der Waals surface area contributed by atoms with Crippen LogP contribution in [-0.4, -0.2) is 35.5 Å². The zero-order valence-electron chi connectivity index (χ0n) is 16.6. The highest BCUT2D eigenvalue weighted by Gasteiger charge is 2.18. The van der Waals surface area contributed by atoms with Gasteiger partial charge in [0, 0.05) is 6.07 Å². The summed E-state index contributed by atoms with van der Waals surface area (Å²) in [5, 5.41) is 0. The average Bonchev–Trinajstić information content (AvgIpc) is 3.49. The van der Waals surface area contributed by atoms with Crippen LogP contribution in [0.2, 0.25) is 0 Å². The van der Waals surface area contributed by atoms with E-state index in [-0.39, 0.29) is 38.2 Å². The quantitative estimate of drug-likeness (QED) is 0.534. The van der Waals surface area contributed by atoms with Gasteiger partial charge in [0.15, 0.2) is 34.4 Å². The maximum absolute atomic E-state index is 12.4. The highest BCUT2D eigenvalue weighted by Crippen LogP contribution is 2.33. The Hall–Kier alpha value is -4.34. The Bertz CT molecular complexity index is 1110. The zero-order chi connectivity index (χ0) is 21.9. The largest absolute Gasteiger partial charge is 0.456 e. The number of benzene rings is 2.